The SMILES string of the molecule is CN(C)c1ccc(C2CC(=O)Nc3c2cnn3Cc2ccco2)cc1. The molecule has 0 spiro atoms. The zero-order valence-corrected chi connectivity index (χ0v) is 14.3. The van der Waals surface area contributed by atoms with E-state index in [0.717, 1.165) is 28.4 Å². The Morgan fingerprint density at radius 2 is 2.08 bits per heavy atom. The average Bonchev–Trinajstić information content (AvgIpc) is 3.25. The number of anilines is 2. The highest BCUT2D eigenvalue weighted by atomic mass is 16.3. The molecule has 0 radical (unpaired) electrons. The third-order valence-electron chi connectivity index (χ3n) is 4.59. The van der Waals surface area contributed by atoms with Crippen LogP contribution in [0.25, 0.3) is 0 Å². The fourth-order valence-electron chi connectivity index (χ4n) is 3.24. The summed E-state index contributed by atoms with van der Waals surface area (Å²) in [5, 5.41) is 7.42. The number of benzene rings is 1. The van der Waals surface area contributed by atoms with Gasteiger partial charge in [0.1, 0.15) is 18.1 Å². The van der Waals surface area contributed by atoms with Crippen molar-refractivity contribution in [2.45, 2.75) is 18.9 Å². The fourth-order valence-corrected chi connectivity index (χ4v) is 3.24. The second-order valence-electron chi connectivity index (χ2n) is 6.48. The summed E-state index contributed by atoms with van der Waals surface area (Å²) in [5.41, 5.74) is 3.31. The number of hydrogen-bond acceptors (Lipinski definition) is 4. The molecule has 1 atom stereocenters. The molecular weight excluding hydrogens is 316 g/mol. The first-order valence-electron chi connectivity index (χ1n) is 8.27. The van der Waals surface area contributed by atoms with Crippen molar-refractivity contribution in [1.29, 1.82) is 0 Å². The van der Waals surface area contributed by atoms with Crippen molar-refractivity contribution in [1.82, 2.24) is 9.78 Å². The standard InChI is InChI=1S/C19H20N4O2/c1-22(2)14-7-5-13(6-8-14)16-10-18(24)21-19-17(16)11-20-23(19)12-15-4-3-9-25-15/h3-9,11,16H,10,12H2,1-2H3,(H,21,24). The van der Waals surface area contributed by atoms with E-state index >= 15 is 0 Å². The van der Waals surface area contributed by atoms with Crippen molar-refractivity contribution in [3.63, 3.8) is 0 Å². The van der Waals surface area contributed by atoms with Gasteiger partial charge in [-0.3, -0.25) is 4.79 Å². The molecule has 128 valence electrons. The maximum atomic E-state index is 12.3. The lowest BCUT2D eigenvalue weighted by Crippen LogP contribution is -2.25. The maximum Gasteiger partial charge on any atom is 0.226 e. The van der Waals surface area contributed by atoms with Gasteiger partial charge < -0.3 is 14.6 Å². The Labute approximate surface area is 146 Å². The van der Waals surface area contributed by atoms with Crippen LogP contribution >= 0.6 is 0 Å². The second-order valence-corrected chi connectivity index (χ2v) is 6.48. The first-order valence-corrected chi connectivity index (χ1v) is 8.27. The number of furan rings is 1. The van der Waals surface area contributed by atoms with Crippen LogP contribution in [0.4, 0.5) is 11.5 Å². The summed E-state index contributed by atoms with van der Waals surface area (Å²) in [6, 6.07) is 12.1. The minimum Gasteiger partial charge on any atom is -0.467 e. The molecule has 2 aromatic heterocycles. The molecule has 3 aromatic rings. The molecule has 1 unspecified atom stereocenters. The van der Waals surface area contributed by atoms with Crippen molar-refractivity contribution in [2.24, 2.45) is 0 Å². The predicted octanol–water partition coefficient (Wildman–Crippen LogP) is 3.06. The molecular formula is C19H20N4O2. The van der Waals surface area contributed by atoms with Crippen LogP contribution in [0.5, 0.6) is 0 Å². The smallest absolute Gasteiger partial charge is 0.226 e. The first kappa shape index (κ1) is 15.5. The van der Waals surface area contributed by atoms with Gasteiger partial charge in [-0.15, -0.1) is 0 Å². The van der Waals surface area contributed by atoms with Crippen molar-refractivity contribution >= 4 is 17.4 Å². The minimum absolute atomic E-state index is 0.00961. The van der Waals surface area contributed by atoms with Gasteiger partial charge in [-0.1, -0.05) is 12.1 Å². The van der Waals surface area contributed by atoms with Crippen LogP contribution in [0.1, 0.15) is 29.2 Å². The number of nitrogens with zero attached hydrogens (tertiary/aromatic N) is 3. The number of rotatable bonds is 4. The van der Waals surface area contributed by atoms with Crippen LogP contribution in [0.3, 0.4) is 0 Å². The van der Waals surface area contributed by atoms with Crippen molar-refractivity contribution in [3.05, 3.63) is 65.7 Å². The lowest BCUT2D eigenvalue weighted by atomic mass is 9.87. The summed E-state index contributed by atoms with van der Waals surface area (Å²) in [7, 11) is 4.03. The normalized spacial score (nSPS) is 16.4. The number of nitrogens with one attached hydrogen (secondary N) is 1. The summed E-state index contributed by atoms with van der Waals surface area (Å²) in [6.45, 7) is 0.495. The van der Waals surface area contributed by atoms with E-state index in [4.69, 9.17) is 4.42 Å². The van der Waals surface area contributed by atoms with Gasteiger partial charge in [0, 0.05) is 37.7 Å². The highest BCUT2D eigenvalue weighted by molar-refractivity contribution is 5.94. The molecule has 0 aliphatic carbocycles. The lowest BCUT2D eigenvalue weighted by Gasteiger charge is -2.24. The van der Waals surface area contributed by atoms with E-state index in [1.807, 2.05) is 32.4 Å². The predicted molar refractivity (Wildman–Crippen MR) is 95.9 cm³/mol. The van der Waals surface area contributed by atoms with Gasteiger partial charge in [-0.05, 0) is 29.8 Å². The molecule has 1 aliphatic heterocycles. The fraction of sp³-hybridized carbons (Fsp3) is 0.263. The second kappa shape index (κ2) is 6.12. The molecule has 0 saturated carbocycles. The summed E-state index contributed by atoms with van der Waals surface area (Å²) in [6.07, 6.45) is 3.92. The van der Waals surface area contributed by atoms with E-state index in [-0.39, 0.29) is 11.8 Å². The Hall–Kier alpha value is -3.02. The molecule has 4 rings (SSSR count). The van der Waals surface area contributed by atoms with Crippen LogP contribution < -0.4 is 10.2 Å². The third kappa shape index (κ3) is 2.91. The monoisotopic (exact) mass is 336 g/mol. The Morgan fingerprint density at radius 3 is 2.76 bits per heavy atom. The van der Waals surface area contributed by atoms with E-state index in [0.29, 0.717) is 13.0 Å². The molecule has 0 fully saturated rings. The van der Waals surface area contributed by atoms with Crippen molar-refractivity contribution < 1.29 is 9.21 Å². The van der Waals surface area contributed by atoms with E-state index in [9.17, 15) is 4.79 Å². The summed E-state index contributed by atoms with van der Waals surface area (Å²) in [5.74, 6) is 1.59. The maximum absolute atomic E-state index is 12.3. The lowest BCUT2D eigenvalue weighted by molar-refractivity contribution is -0.116. The zero-order valence-electron chi connectivity index (χ0n) is 14.3. The van der Waals surface area contributed by atoms with Crippen LogP contribution in [-0.2, 0) is 11.3 Å². The van der Waals surface area contributed by atoms with Crippen molar-refractivity contribution in [2.75, 3.05) is 24.3 Å². The molecule has 1 amide bonds. The zero-order chi connectivity index (χ0) is 17.4. The highest BCUT2D eigenvalue weighted by Gasteiger charge is 2.30. The van der Waals surface area contributed by atoms with Gasteiger partial charge in [0.05, 0.1) is 12.5 Å². The highest BCUT2D eigenvalue weighted by Crippen LogP contribution is 2.37. The minimum atomic E-state index is 0.00961. The molecule has 1 aromatic carbocycles. The summed E-state index contributed by atoms with van der Waals surface area (Å²) >= 11 is 0. The quantitative estimate of drug-likeness (QED) is 0.795. The van der Waals surface area contributed by atoms with Crippen LogP contribution in [0.2, 0.25) is 0 Å². The van der Waals surface area contributed by atoms with Gasteiger partial charge in [0.25, 0.3) is 0 Å². The van der Waals surface area contributed by atoms with E-state index in [2.05, 4.69) is 39.6 Å². The molecule has 0 saturated heterocycles. The van der Waals surface area contributed by atoms with Crippen LogP contribution in [0.15, 0.2) is 53.3 Å². The van der Waals surface area contributed by atoms with Gasteiger partial charge >= 0.3 is 0 Å². The molecule has 1 aliphatic rings. The summed E-state index contributed by atoms with van der Waals surface area (Å²) < 4.78 is 7.18. The van der Waals surface area contributed by atoms with Gasteiger partial charge in [-0.25, -0.2) is 4.68 Å². The number of fused-ring (bicyclic) bond motifs is 1. The third-order valence-corrected chi connectivity index (χ3v) is 4.59. The molecule has 6 nitrogen and oxygen atoms in total. The largest absolute Gasteiger partial charge is 0.467 e. The summed E-state index contributed by atoms with van der Waals surface area (Å²) in [4.78, 5) is 14.3. The van der Waals surface area contributed by atoms with Gasteiger partial charge in [-0.2, -0.15) is 5.10 Å². The number of carbonyl (C=O) groups is 1. The molecule has 25 heavy (non-hydrogen) atoms. The molecule has 6 heteroatoms. The molecule has 3 heterocycles. The molecule has 0 bridgehead atoms. The van der Waals surface area contributed by atoms with Crippen LogP contribution in [0, 0.1) is 0 Å². The first-order chi connectivity index (χ1) is 12.1. The van der Waals surface area contributed by atoms with E-state index < -0.39 is 0 Å². The van der Waals surface area contributed by atoms with Gasteiger partial charge in [0.15, 0.2) is 0 Å². The van der Waals surface area contributed by atoms with Crippen LogP contribution in [-0.4, -0.2) is 29.8 Å². The van der Waals surface area contributed by atoms with Crippen molar-refractivity contribution in [3.8, 4) is 0 Å². The van der Waals surface area contributed by atoms with E-state index in [1.54, 1.807) is 10.9 Å². The number of hydrogen-bond donors (Lipinski definition) is 1. The number of carbonyl (C=O) groups excluding carboxylic acids is 1. The Balaban J connectivity index is 1.68. The Morgan fingerprint density at radius 1 is 1.28 bits per heavy atom. The van der Waals surface area contributed by atoms with Gasteiger partial charge in [0.2, 0.25) is 5.91 Å². The Bertz CT molecular complexity index is 879. The van der Waals surface area contributed by atoms with E-state index in [1.165, 1.54) is 0 Å². The Kier molecular flexibility index (Phi) is 3.80. The molecule has 1 N–H and O–H groups in total. The average molecular weight is 336 g/mol. The number of amides is 1. The topological polar surface area (TPSA) is 63.3 Å². The number of aromatic nitrogens is 2.